The number of methoxy groups -OCH3 is 1. The zero-order chi connectivity index (χ0) is 15.0. The number of rotatable bonds is 6. The van der Waals surface area contributed by atoms with E-state index < -0.39 is 18.7 Å². The highest BCUT2D eigenvalue weighted by molar-refractivity contribution is 6.00. The van der Waals surface area contributed by atoms with Gasteiger partial charge in [-0.2, -0.15) is 5.10 Å². The van der Waals surface area contributed by atoms with Gasteiger partial charge in [0.25, 0.3) is 0 Å². The number of benzene rings is 1. The Hall–Kier alpha value is -2.57. The fraction of sp³-hybridized carbons (Fsp3) is 0.308. The van der Waals surface area contributed by atoms with Crippen LogP contribution >= 0.6 is 0 Å². The minimum Gasteiger partial charge on any atom is -0.546 e. The maximum atomic E-state index is 10.9. The average molecular weight is 279 g/mol. The maximum Gasteiger partial charge on any atom is 0.427 e. The Morgan fingerprint density at radius 2 is 1.95 bits per heavy atom. The molecule has 0 atom stereocenters. The number of nitrogens with one attached hydrogen (secondary N) is 1. The molecule has 0 aliphatic heterocycles. The molecule has 1 rings (SSSR count). The first kappa shape index (κ1) is 15.5. The zero-order valence-corrected chi connectivity index (χ0v) is 11.2. The summed E-state index contributed by atoms with van der Waals surface area (Å²) in [6.07, 6.45) is -0.0478. The van der Waals surface area contributed by atoms with Gasteiger partial charge in [-0.05, 0) is 36.2 Å². The number of carboxylic acid groups (broad SMARTS) is 1. The third-order valence-electron chi connectivity index (χ3n) is 2.35. The molecule has 1 aromatic rings. The minimum absolute atomic E-state index is 0.411. The second-order valence-electron chi connectivity index (χ2n) is 3.70. The van der Waals surface area contributed by atoms with Crippen LogP contribution in [0, 0.1) is 0 Å². The van der Waals surface area contributed by atoms with E-state index in [-0.39, 0.29) is 0 Å². The lowest BCUT2D eigenvalue weighted by Crippen LogP contribution is -2.28. The smallest absolute Gasteiger partial charge is 0.427 e. The summed E-state index contributed by atoms with van der Waals surface area (Å²) in [5, 5.41) is 14.2. The predicted octanol–water partition coefficient (Wildman–Crippen LogP) is 0.285. The highest BCUT2D eigenvalue weighted by atomic mass is 16.5. The van der Waals surface area contributed by atoms with Gasteiger partial charge in [-0.15, -0.1) is 0 Å². The highest BCUT2D eigenvalue weighted by Crippen LogP contribution is 2.13. The van der Waals surface area contributed by atoms with Crippen LogP contribution in [0.15, 0.2) is 29.4 Å². The molecule has 0 bridgehead atoms. The fourth-order valence-corrected chi connectivity index (χ4v) is 1.39. The lowest BCUT2D eigenvalue weighted by atomic mass is 10.1. The summed E-state index contributed by atoms with van der Waals surface area (Å²) in [5.41, 5.74) is 3.68. The Morgan fingerprint density at radius 1 is 1.30 bits per heavy atom. The number of hydrogen-bond acceptors (Lipinski definition) is 6. The molecule has 108 valence electrons. The van der Waals surface area contributed by atoms with Crippen LogP contribution < -0.4 is 15.3 Å². The van der Waals surface area contributed by atoms with Crippen molar-refractivity contribution in [3.8, 4) is 5.75 Å². The SMILES string of the molecule is CC/C(=N/NC(=O)OC)c1ccc(OCC(=O)[O-])cc1. The Labute approximate surface area is 116 Å². The molecule has 0 fully saturated rings. The summed E-state index contributed by atoms with van der Waals surface area (Å²) < 4.78 is 9.38. The van der Waals surface area contributed by atoms with Gasteiger partial charge in [0.2, 0.25) is 0 Å². The molecule has 1 aromatic carbocycles. The van der Waals surface area contributed by atoms with E-state index in [9.17, 15) is 14.7 Å². The molecule has 0 unspecified atom stereocenters. The van der Waals surface area contributed by atoms with Gasteiger partial charge in [0, 0.05) is 0 Å². The molecule has 0 aliphatic carbocycles. The lowest BCUT2D eigenvalue weighted by molar-refractivity contribution is -0.307. The van der Waals surface area contributed by atoms with Crippen molar-refractivity contribution >= 4 is 17.8 Å². The number of ether oxygens (including phenoxy) is 2. The molecule has 1 amide bonds. The largest absolute Gasteiger partial charge is 0.546 e. The first-order valence-electron chi connectivity index (χ1n) is 5.90. The second kappa shape index (κ2) is 7.78. The molecule has 0 spiro atoms. The lowest BCUT2D eigenvalue weighted by Gasteiger charge is -2.08. The minimum atomic E-state index is -1.29. The van der Waals surface area contributed by atoms with Gasteiger partial charge in [0.15, 0.2) is 0 Å². The van der Waals surface area contributed by atoms with Crippen molar-refractivity contribution in [1.29, 1.82) is 0 Å². The molecule has 0 saturated carbocycles. The topological polar surface area (TPSA) is 100 Å². The second-order valence-corrected chi connectivity index (χ2v) is 3.70. The summed E-state index contributed by atoms with van der Waals surface area (Å²) in [5.74, 6) is -0.874. The Morgan fingerprint density at radius 3 is 2.45 bits per heavy atom. The normalized spacial score (nSPS) is 10.8. The van der Waals surface area contributed by atoms with Crippen LogP contribution in [0.2, 0.25) is 0 Å². The van der Waals surface area contributed by atoms with Gasteiger partial charge < -0.3 is 19.4 Å². The van der Waals surface area contributed by atoms with E-state index in [4.69, 9.17) is 4.74 Å². The monoisotopic (exact) mass is 279 g/mol. The molecule has 0 aromatic heterocycles. The van der Waals surface area contributed by atoms with Crippen LogP contribution in [0.4, 0.5) is 4.79 Å². The van der Waals surface area contributed by atoms with Gasteiger partial charge in [0.05, 0.1) is 18.8 Å². The highest BCUT2D eigenvalue weighted by Gasteiger charge is 2.04. The number of carbonyl (C=O) groups excluding carboxylic acids is 2. The Kier molecular flexibility index (Phi) is 6.02. The summed E-state index contributed by atoms with van der Waals surface area (Å²) in [4.78, 5) is 21.2. The van der Waals surface area contributed by atoms with Crippen molar-refractivity contribution in [1.82, 2.24) is 5.43 Å². The van der Waals surface area contributed by atoms with Crippen LogP contribution in [0.25, 0.3) is 0 Å². The van der Waals surface area contributed by atoms with E-state index in [0.717, 1.165) is 5.56 Å². The molecule has 7 nitrogen and oxygen atoms in total. The number of hydrogen-bond donors (Lipinski definition) is 1. The van der Waals surface area contributed by atoms with E-state index in [0.29, 0.717) is 17.9 Å². The van der Waals surface area contributed by atoms with Crippen LogP contribution in [0.3, 0.4) is 0 Å². The molecule has 1 N–H and O–H groups in total. The van der Waals surface area contributed by atoms with Crippen molar-refractivity contribution in [2.75, 3.05) is 13.7 Å². The molecule has 20 heavy (non-hydrogen) atoms. The van der Waals surface area contributed by atoms with Gasteiger partial charge in [-0.3, -0.25) is 0 Å². The van der Waals surface area contributed by atoms with Gasteiger partial charge in [-0.25, -0.2) is 10.2 Å². The van der Waals surface area contributed by atoms with E-state index >= 15 is 0 Å². The first-order valence-corrected chi connectivity index (χ1v) is 5.90. The van der Waals surface area contributed by atoms with Gasteiger partial charge in [0.1, 0.15) is 12.4 Å². The van der Waals surface area contributed by atoms with Crippen molar-refractivity contribution < 1.29 is 24.2 Å². The molecule has 0 heterocycles. The summed E-state index contributed by atoms with van der Waals surface area (Å²) in [7, 11) is 1.25. The fourth-order valence-electron chi connectivity index (χ4n) is 1.39. The maximum absolute atomic E-state index is 10.9. The van der Waals surface area contributed by atoms with Crippen LogP contribution in [0.5, 0.6) is 5.75 Å². The van der Waals surface area contributed by atoms with Crippen molar-refractivity contribution in [3.05, 3.63) is 29.8 Å². The molecule has 0 saturated heterocycles. The zero-order valence-electron chi connectivity index (χ0n) is 11.2. The van der Waals surface area contributed by atoms with Gasteiger partial charge >= 0.3 is 6.09 Å². The quantitative estimate of drug-likeness (QED) is 0.595. The van der Waals surface area contributed by atoms with E-state index in [1.807, 2.05) is 6.92 Å². The summed E-state index contributed by atoms with van der Waals surface area (Å²) in [6, 6.07) is 6.65. The van der Waals surface area contributed by atoms with Crippen LogP contribution in [-0.4, -0.2) is 31.5 Å². The summed E-state index contributed by atoms with van der Waals surface area (Å²) in [6.45, 7) is 1.39. The molecular weight excluding hydrogens is 264 g/mol. The predicted molar refractivity (Wildman–Crippen MR) is 69.3 cm³/mol. The summed E-state index contributed by atoms with van der Waals surface area (Å²) >= 11 is 0. The number of nitrogens with zero attached hydrogens (tertiary/aromatic N) is 1. The van der Waals surface area contributed by atoms with Gasteiger partial charge in [-0.1, -0.05) is 6.92 Å². The number of carbonyl (C=O) groups is 2. The van der Waals surface area contributed by atoms with Crippen molar-refractivity contribution in [3.63, 3.8) is 0 Å². The molecule has 7 heteroatoms. The molecule has 0 radical (unpaired) electrons. The molecular formula is C13H15N2O5-. The number of carboxylic acids is 1. The average Bonchev–Trinajstić information content (AvgIpc) is 2.46. The van der Waals surface area contributed by atoms with Crippen LogP contribution in [0.1, 0.15) is 18.9 Å². The molecule has 0 aliphatic rings. The number of hydrazone groups is 1. The van der Waals surface area contributed by atoms with Crippen LogP contribution in [-0.2, 0) is 9.53 Å². The van der Waals surface area contributed by atoms with E-state index in [2.05, 4.69) is 15.3 Å². The number of amides is 1. The Bertz CT molecular complexity index is 496. The van der Waals surface area contributed by atoms with Crippen molar-refractivity contribution in [2.45, 2.75) is 13.3 Å². The van der Waals surface area contributed by atoms with E-state index in [1.54, 1.807) is 24.3 Å². The first-order chi connectivity index (χ1) is 9.56. The van der Waals surface area contributed by atoms with E-state index in [1.165, 1.54) is 7.11 Å². The third-order valence-corrected chi connectivity index (χ3v) is 2.35. The number of aliphatic carboxylic acids is 1. The van der Waals surface area contributed by atoms with Crippen molar-refractivity contribution in [2.24, 2.45) is 5.10 Å². The third kappa shape index (κ3) is 4.97. The standard InChI is InChI=1S/C13H16N2O5/c1-3-11(14-15-13(18)19-2)9-4-6-10(7-5-9)20-8-12(16)17/h4-7H,3,8H2,1-2H3,(H,15,18)(H,16,17)/p-1/b14-11-. The Balaban J connectivity index is 2.74.